The molecule has 1 aromatic rings. The summed E-state index contributed by atoms with van der Waals surface area (Å²) in [4.78, 5) is 0.318. The lowest BCUT2D eigenvalue weighted by atomic mass is 9.76. The van der Waals surface area contributed by atoms with Gasteiger partial charge in [0, 0.05) is 11.6 Å². The highest BCUT2D eigenvalue weighted by Gasteiger charge is 2.39. The maximum Gasteiger partial charge on any atom is 0.241 e. The molecular formula is C15H24N2O2S. The quantitative estimate of drug-likeness (QED) is 0.847. The minimum Gasteiger partial charge on any atom is -0.324 e. The molecule has 0 spiro atoms. The van der Waals surface area contributed by atoms with Gasteiger partial charge in [-0.3, -0.25) is 0 Å². The molecule has 20 heavy (non-hydrogen) atoms. The van der Waals surface area contributed by atoms with Crippen LogP contribution < -0.4 is 10.5 Å². The minimum atomic E-state index is -3.46. The average Bonchev–Trinajstić information content (AvgIpc) is 2.42. The highest BCUT2D eigenvalue weighted by atomic mass is 32.2. The third kappa shape index (κ3) is 3.05. The first-order chi connectivity index (χ1) is 9.42. The van der Waals surface area contributed by atoms with Gasteiger partial charge in [0.25, 0.3) is 0 Å². The fourth-order valence-electron chi connectivity index (χ4n) is 2.62. The lowest BCUT2D eigenvalue weighted by Gasteiger charge is -2.41. The van der Waals surface area contributed by atoms with Crippen LogP contribution in [-0.2, 0) is 10.0 Å². The van der Waals surface area contributed by atoms with Crippen LogP contribution in [0.3, 0.4) is 0 Å². The van der Waals surface area contributed by atoms with Crippen molar-refractivity contribution in [2.24, 2.45) is 5.73 Å². The predicted molar refractivity (Wildman–Crippen MR) is 80.9 cm³/mol. The lowest BCUT2D eigenvalue weighted by molar-refractivity contribution is 0.214. The van der Waals surface area contributed by atoms with Crippen LogP contribution in [0.5, 0.6) is 0 Å². The Morgan fingerprint density at radius 2 is 2.05 bits per heavy atom. The molecule has 4 nitrogen and oxygen atoms in total. The number of rotatable bonds is 6. The van der Waals surface area contributed by atoms with Gasteiger partial charge in [0.15, 0.2) is 0 Å². The van der Waals surface area contributed by atoms with Crippen LogP contribution in [0, 0.1) is 0 Å². The van der Waals surface area contributed by atoms with Gasteiger partial charge in [-0.1, -0.05) is 26.0 Å². The van der Waals surface area contributed by atoms with Crippen molar-refractivity contribution in [3.05, 3.63) is 29.8 Å². The Bertz CT molecular complexity index is 559. The predicted octanol–water partition coefficient (Wildman–Crippen LogP) is 2.71. The molecule has 1 aliphatic carbocycles. The van der Waals surface area contributed by atoms with E-state index in [4.69, 9.17) is 5.73 Å². The first-order valence-corrected chi connectivity index (χ1v) is 8.80. The fourth-order valence-corrected chi connectivity index (χ4v) is 4.21. The number of hydrogen-bond donors (Lipinski definition) is 2. The zero-order valence-corrected chi connectivity index (χ0v) is 13.0. The van der Waals surface area contributed by atoms with Crippen LogP contribution in [0.2, 0.25) is 0 Å². The lowest BCUT2D eigenvalue weighted by Crippen LogP contribution is -2.52. The number of nitrogens with one attached hydrogen (secondary N) is 1. The molecular weight excluding hydrogens is 272 g/mol. The van der Waals surface area contributed by atoms with E-state index >= 15 is 0 Å². The van der Waals surface area contributed by atoms with E-state index < -0.39 is 10.0 Å². The van der Waals surface area contributed by atoms with E-state index in [9.17, 15) is 8.42 Å². The number of benzene rings is 1. The second-order valence-corrected chi connectivity index (χ2v) is 7.36. The standard InChI is InChI=1S/C15H24N2O2S/c1-3-14(16)12-7-5-8-13(11-12)20(18,19)17-15(4-2)9-6-10-15/h5,7-8,11,14,17H,3-4,6,9-10,16H2,1-2H3. The second kappa shape index (κ2) is 5.84. The molecule has 0 aliphatic heterocycles. The SMILES string of the molecule is CCC(N)c1cccc(S(=O)(=O)NC2(CC)CCC2)c1. The van der Waals surface area contributed by atoms with E-state index in [-0.39, 0.29) is 11.6 Å². The van der Waals surface area contributed by atoms with Crippen LogP contribution in [0.15, 0.2) is 29.2 Å². The zero-order chi connectivity index (χ0) is 14.8. The summed E-state index contributed by atoms with van der Waals surface area (Å²) in [5.74, 6) is 0. The summed E-state index contributed by atoms with van der Waals surface area (Å²) >= 11 is 0. The summed E-state index contributed by atoms with van der Waals surface area (Å²) < 4.78 is 27.9. The highest BCUT2D eigenvalue weighted by molar-refractivity contribution is 7.89. The fraction of sp³-hybridized carbons (Fsp3) is 0.600. The van der Waals surface area contributed by atoms with Crippen LogP contribution >= 0.6 is 0 Å². The Labute approximate surface area is 121 Å². The van der Waals surface area contributed by atoms with E-state index in [1.807, 2.05) is 19.9 Å². The normalized spacial score (nSPS) is 19.4. The van der Waals surface area contributed by atoms with Gasteiger partial charge in [0.2, 0.25) is 10.0 Å². The van der Waals surface area contributed by atoms with Gasteiger partial charge in [0.05, 0.1) is 4.90 Å². The summed E-state index contributed by atoms with van der Waals surface area (Å²) in [5, 5.41) is 0. The van der Waals surface area contributed by atoms with Gasteiger partial charge in [-0.2, -0.15) is 0 Å². The van der Waals surface area contributed by atoms with Gasteiger partial charge in [0.1, 0.15) is 0 Å². The maximum absolute atomic E-state index is 12.5. The molecule has 1 saturated carbocycles. The summed E-state index contributed by atoms with van der Waals surface area (Å²) in [6, 6.07) is 6.86. The van der Waals surface area contributed by atoms with Crippen molar-refractivity contribution in [1.29, 1.82) is 0 Å². The highest BCUT2D eigenvalue weighted by Crippen LogP contribution is 2.36. The number of sulfonamides is 1. The van der Waals surface area contributed by atoms with Crippen molar-refractivity contribution in [2.45, 2.75) is 62.4 Å². The summed E-state index contributed by atoms with van der Waals surface area (Å²) in [5.41, 5.74) is 6.62. The topological polar surface area (TPSA) is 72.2 Å². The summed E-state index contributed by atoms with van der Waals surface area (Å²) in [6.07, 6.45) is 4.57. The molecule has 0 bridgehead atoms. The number of hydrogen-bond acceptors (Lipinski definition) is 3. The van der Waals surface area contributed by atoms with E-state index in [1.165, 1.54) is 0 Å². The molecule has 0 heterocycles. The Hall–Kier alpha value is -0.910. The van der Waals surface area contributed by atoms with E-state index in [0.29, 0.717) is 4.90 Å². The Balaban J connectivity index is 2.25. The molecule has 1 aliphatic rings. The molecule has 0 aromatic heterocycles. The average molecular weight is 296 g/mol. The monoisotopic (exact) mass is 296 g/mol. The van der Waals surface area contributed by atoms with E-state index in [0.717, 1.165) is 37.7 Å². The second-order valence-electron chi connectivity index (χ2n) is 5.68. The Morgan fingerprint density at radius 1 is 1.35 bits per heavy atom. The van der Waals surface area contributed by atoms with Crippen molar-refractivity contribution < 1.29 is 8.42 Å². The third-order valence-corrected chi connectivity index (χ3v) is 5.95. The van der Waals surface area contributed by atoms with Crippen molar-refractivity contribution in [2.75, 3.05) is 0 Å². The molecule has 1 atom stereocenters. The van der Waals surface area contributed by atoms with Gasteiger partial charge < -0.3 is 5.73 Å². The summed E-state index contributed by atoms with van der Waals surface area (Å²) in [7, 11) is -3.46. The third-order valence-electron chi connectivity index (χ3n) is 4.37. The van der Waals surface area contributed by atoms with E-state index in [2.05, 4.69) is 4.72 Å². The van der Waals surface area contributed by atoms with Crippen LogP contribution in [-0.4, -0.2) is 14.0 Å². The first kappa shape index (κ1) is 15.5. The van der Waals surface area contributed by atoms with E-state index in [1.54, 1.807) is 18.2 Å². The van der Waals surface area contributed by atoms with Crippen LogP contribution in [0.4, 0.5) is 0 Å². The molecule has 112 valence electrons. The minimum absolute atomic E-state index is 0.117. The van der Waals surface area contributed by atoms with Crippen molar-refractivity contribution in [3.63, 3.8) is 0 Å². The Kier molecular flexibility index (Phi) is 4.52. The zero-order valence-electron chi connectivity index (χ0n) is 12.2. The van der Waals surface area contributed by atoms with Gasteiger partial charge in [-0.25, -0.2) is 13.1 Å². The first-order valence-electron chi connectivity index (χ1n) is 7.32. The molecule has 5 heteroatoms. The van der Waals surface area contributed by atoms with Crippen LogP contribution in [0.25, 0.3) is 0 Å². The molecule has 0 radical (unpaired) electrons. The molecule has 0 amide bonds. The summed E-state index contributed by atoms with van der Waals surface area (Å²) in [6.45, 7) is 4.02. The molecule has 2 rings (SSSR count). The molecule has 1 aromatic carbocycles. The van der Waals surface area contributed by atoms with Crippen molar-refractivity contribution in [1.82, 2.24) is 4.72 Å². The van der Waals surface area contributed by atoms with Crippen LogP contribution in [0.1, 0.15) is 57.6 Å². The maximum atomic E-state index is 12.5. The van der Waals surface area contributed by atoms with Crippen molar-refractivity contribution >= 4 is 10.0 Å². The van der Waals surface area contributed by atoms with Gasteiger partial charge in [-0.05, 0) is 49.8 Å². The largest absolute Gasteiger partial charge is 0.324 e. The number of nitrogens with two attached hydrogens (primary N) is 1. The molecule has 1 unspecified atom stereocenters. The van der Waals surface area contributed by atoms with Crippen molar-refractivity contribution in [3.8, 4) is 0 Å². The van der Waals surface area contributed by atoms with Gasteiger partial charge >= 0.3 is 0 Å². The molecule has 1 fully saturated rings. The Morgan fingerprint density at radius 3 is 2.55 bits per heavy atom. The smallest absolute Gasteiger partial charge is 0.241 e. The molecule has 0 saturated heterocycles. The molecule has 3 N–H and O–H groups in total. The van der Waals surface area contributed by atoms with Gasteiger partial charge in [-0.15, -0.1) is 0 Å².